The first-order valence-corrected chi connectivity index (χ1v) is 7.80. The number of aromatic nitrogens is 1. The highest BCUT2D eigenvalue weighted by atomic mass is 16.3. The summed E-state index contributed by atoms with van der Waals surface area (Å²) in [5, 5.41) is 12.0. The number of urea groups is 1. The van der Waals surface area contributed by atoms with Crippen molar-refractivity contribution in [2.45, 2.75) is 25.2 Å². The number of nitrogens with zero attached hydrogens (tertiary/aromatic N) is 2. The van der Waals surface area contributed by atoms with Gasteiger partial charge in [0.15, 0.2) is 11.5 Å². The molecule has 6 heteroatoms. The lowest BCUT2D eigenvalue weighted by atomic mass is 10.1. The quantitative estimate of drug-likeness (QED) is 0.913. The molecular weight excluding hydrogens is 282 g/mol. The number of aliphatic hydroxyl groups is 1. The second kappa shape index (κ2) is 5.28. The summed E-state index contributed by atoms with van der Waals surface area (Å²) in [5.41, 5.74) is 2.26. The van der Waals surface area contributed by atoms with Crippen molar-refractivity contribution in [2.75, 3.05) is 25.0 Å². The fraction of sp³-hybridized carbons (Fsp3) is 0.500. The lowest BCUT2D eigenvalue weighted by Gasteiger charge is -2.16. The number of benzene rings is 1. The van der Waals surface area contributed by atoms with Gasteiger partial charge >= 0.3 is 6.03 Å². The molecule has 2 N–H and O–H groups in total. The monoisotopic (exact) mass is 301 g/mol. The van der Waals surface area contributed by atoms with Crippen LogP contribution in [0.15, 0.2) is 22.6 Å². The van der Waals surface area contributed by atoms with Crippen LogP contribution in [-0.4, -0.2) is 40.7 Å². The van der Waals surface area contributed by atoms with Gasteiger partial charge in [-0.2, -0.15) is 0 Å². The highest BCUT2D eigenvalue weighted by Gasteiger charge is 2.29. The van der Waals surface area contributed by atoms with Crippen molar-refractivity contribution >= 4 is 22.8 Å². The summed E-state index contributed by atoms with van der Waals surface area (Å²) in [6, 6.07) is 5.42. The Balaban J connectivity index is 1.48. The number of fused-ring (bicyclic) bond motifs is 1. The van der Waals surface area contributed by atoms with E-state index in [2.05, 4.69) is 10.3 Å². The van der Waals surface area contributed by atoms with Crippen LogP contribution in [0.4, 0.5) is 10.5 Å². The van der Waals surface area contributed by atoms with Crippen LogP contribution in [0.3, 0.4) is 0 Å². The third-order valence-corrected chi connectivity index (χ3v) is 4.41. The number of anilines is 1. The van der Waals surface area contributed by atoms with E-state index in [1.165, 1.54) is 0 Å². The van der Waals surface area contributed by atoms with Gasteiger partial charge in [-0.1, -0.05) is 0 Å². The maximum absolute atomic E-state index is 12.2. The fourth-order valence-electron chi connectivity index (χ4n) is 2.89. The fourth-order valence-corrected chi connectivity index (χ4v) is 2.89. The number of oxazole rings is 1. The summed E-state index contributed by atoms with van der Waals surface area (Å²) in [6.07, 6.45) is 3.16. The Morgan fingerprint density at radius 3 is 3.00 bits per heavy atom. The molecule has 2 amide bonds. The number of aliphatic hydroxyl groups excluding tert-OH is 1. The summed E-state index contributed by atoms with van der Waals surface area (Å²) in [4.78, 5) is 18.4. The van der Waals surface area contributed by atoms with Gasteiger partial charge in [-0.3, -0.25) is 0 Å². The zero-order valence-electron chi connectivity index (χ0n) is 12.3. The molecule has 1 aliphatic heterocycles. The van der Waals surface area contributed by atoms with E-state index in [0.717, 1.165) is 30.7 Å². The molecule has 0 radical (unpaired) electrons. The Morgan fingerprint density at radius 2 is 2.27 bits per heavy atom. The molecule has 2 aliphatic rings. The van der Waals surface area contributed by atoms with Crippen molar-refractivity contribution in [3.63, 3.8) is 0 Å². The molecule has 0 spiro atoms. The molecule has 1 saturated carbocycles. The largest absolute Gasteiger partial charge is 0.440 e. The molecule has 1 aliphatic carbocycles. The predicted octanol–water partition coefficient (Wildman–Crippen LogP) is 2.55. The van der Waals surface area contributed by atoms with E-state index < -0.39 is 0 Å². The van der Waals surface area contributed by atoms with E-state index in [9.17, 15) is 4.79 Å². The number of carbonyl (C=O) groups is 1. The Bertz CT molecular complexity index is 708. The van der Waals surface area contributed by atoms with Crippen molar-refractivity contribution in [3.05, 3.63) is 24.1 Å². The summed E-state index contributed by atoms with van der Waals surface area (Å²) >= 11 is 0. The Kier molecular flexibility index (Phi) is 3.26. The maximum Gasteiger partial charge on any atom is 0.321 e. The van der Waals surface area contributed by atoms with Crippen LogP contribution in [0.1, 0.15) is 31.1 Å². The highest BCUT2D eigenvalue weighted by Crippen LogP contribution is 2.40. The van der Waals surface area contributed by atoms with E-state index >= 15 is 0 Å². The number of likely N-dealkylation sites (tertiary alicyclic amines) is 1. The van der Waals surface area contributed by atoms with E-state index in [1.54, 1.807) is 4.90 Å². The van der Waals surface area contributed by atoms with Crippen molar-refractivity contribution in [1.29, 1.82) is 0 Å². The van der Waals surface area contributed by atoms with Crippen LogP contribution in [0, 0.1) is 5.92 Å². The second-order valence-electron chi connectivity index (χ2n) is 6.22. The first-order chi connectivity index (χ1) is 10.7. The molecule has 0 bridgehead atoms. The summed E-state index contributed by atoms with van der Waals surface area (Å²) in [6.45, 7) is 1.43. The van der Waals surface area contributed by atoms with E-state index in [1.807, 2.05) is 18.2 Å². The van der Waals surface area contributed by atoms with Gasteiger partial charge in [0.25, 0.3) is 0 Å². The van der Waals surface area contributed by atoms with Crippen LogP contribution in [0.5, 0.6) is 0 Å². The van der Waals surface area contributed by atoms with Crippen molar-refractivity contribution in [3.8, 4) is 0 Å². The Hall–Kier alpha value is -2.08. The van der Waals surface area contributed by atoms with Gasteiger partial charge in [0, 0.05) is 43.3 Å². The second-order valence-corrected chi connectivity index (χ2v) is 6.22. The molecule has 6 nitrogen and oxygen atoms in total. The lowest BCUT2D eigenvalue weighted by molar-refractivity contribution is 0.209. The molecule has 22 heavy (non-hydrogen) atoms. The topological polar surface area (TPSA) is 78.6 Å². The standard InChI is InChI=1S/C16H19N3O3/c20-9-10-5-6-19(8-10)16(21)17-12-3-4-13-14(7-12)22-15(18-13)11-1-2-11/h3-4,7,10-11,20H,1-2,5-6,8-9H2,(H,17,21). The zero-order valence-corrected chi connectivity index (χ0v) is 12.3. The first kappa shape index (κ1) is 13.6. The minimum absolute atomic E-state index is 0.128. The molecule has 1 unspecified atom stereocenters. The molecule has 2 fully saturated rings. The van der Waals surface area contributed by atoms with Gasteiger partial charge in [-0.05, 0) is 31.4 Å². The average Bonchev–Trinajstić information content (AvgIpc) is 3.11. The minimum atomic E-state index is -0.128. The van der Waals surface area contributed by atoms with Gasteiger partial charge in [0.1, 0.15) is 5.52 Å². The van der Waals surface area contributed by atoms with E-state index in [-0.39, 0.29) is 18.6 Å². The predicted molar refractivity (Wildman–Crippen MR) is 81.8 cm³/mol. The molecule has 116 valence electrons. The average molecular weight is 301 g/mol. The number of rotatable bonds is 3. The Morgan fingerprint density at radius 1 is 1.41 bits per heavy atom. The number of hydrogen-bond acceptors (Lipinski definition) is 4. The third kappa shape index (κ3) is 2.54. The minimum Gasteiger partial charge on any atom is -0.440 e. The van der Waals surface area contributed by atoms with Gasteiger partial charge in [0.05, 0.1) is 0 Å². The molecular formula is C16H19N3O3. The molecule has 1 saturated heterocycles. The van der Waals surface area contributed by atoms with Gasteiger partial charge < -0.3 is 19.7 Å². The number of nitrogens with one attached hydrogen (secondary N) is 1. The highest BCUT2D eigenvalue weighted by molar-refractivity contribution is 5.91. The van der Waals surface area contributed by atoms with E-state index in [0.29, 0.717) is 30.3 Å². The van der Waals surface area contributed by atoms with Crippen molar-refractivity contribution in [1.82, 2.24) is 9.88 Å². The number of hydrogen-bond donors (Lipinski definition) is 2. The van der Waals surface area contributed by atoms with Crippen LogP contribution < -0.4 is 5.32 Å². The smallest absolute Gasteiger partial charge is 0.321 e. The SMILES string of the molecule is O=C(Nc1ccc2nc(C3CC3)oc2c1)N1CCC(CO)C1. The third-order valence-electron chi connectivity index (χ3n) is 4.41. The van der Waals surface area contributed by atoms with Gasteiger partial charge in [-0.25, -0.2) is 9.78 Å². The molecule has 4 rings (SSSR count). The molecule has 2 heterocycles. The summed E-state index contributed by atoms with van der Waals surface area (Å²) < 4.78 is 5.77. The normalized spacial score (nSPS) is 21.5. The molecule has 1 atom stereocenters. The van der Waals surface area contributed by atoms with Crippen molar-refractivity contribution < 1.29 is 14.3 Å². The van der Waals surface area contributed by atoms with Gasteiger partial charge in [-0.15, -0.1) is 0 Å². The van der Waals surface area contributed by atoms with Crippen LogP contribution in [-0.2, 0) is 0 Å². The van der Waals surface area contributed by atoms with Crippen molar-refractivity contribution in [2.24, 2.45) is 5.92 Å². The maximum atomic E-state index is 12.2. The zero-order chi connectivity index (χ0) is 15.1. The van der Waals surface area contributed by atoms with E-state index in [4.69, 9.17) is 9.52 Å². The first-order valence-electron chi connectivity index (χ1n) is 7.80. The van der Waals surface area contributed by atoms with Crippen LogP contribution in [0.25, 0.3) is 11.1 Å². The summed E-state index contributed by atoms with van der Waals surface area (Å²) in [5.74, 6) is 1.48. The van der Waals surface area contributed by atoms with Crippen LogP contribution in [0.2, 0.25) is 0 Å². The molecule has 1 aromatic carbocycles. The number of amides is 2. The number of carbonyl (C=O) groups excluding carboxylic acids is 1. The van der Waals surface area contributed by atoms with Crippen LogP contribution >= 0.6 is 0 Å². The lowest BCUT2D eigenvalue weighted by Crippen LogP contribution is -2.33. The molecule has 2 aromatic rings. The Labute approximate surface area is 128 Å². The summed E-state index contributed by atoms with van der Waals surface area (Å²) in [7, 11) is 0. The molecule has 1 aromatic heterocycles. The van der Waals surface area contributed by atoms with Gasteiger partial charge in [0.2, 0.25) is 0 Å².